The van der Waals surface area contributed by atoms with Crippen molar-refractivity contribution in [3.63, 3.8) is 0 Å². The van der Waals surface area contributed by atoms with E-state index >= 15 is 0 Å². The van der Waals surface area contributed by atoms with E-state index in [9.17, 15) is 0 Å². The van der Waals surface area contributed by atoms with E-state index in [1.165, 1.54) is 25.8 Å². The lowest BCUT2D eigenvalue weighted by Crippen LogP contribution is -2.28. The van der Waals surface area contributed by atoms with E-state index in [0.29, 0.717) is 6.04 Å². The summed E-state index contributed by atoms with van der Waals surface area (Å²) >= 11 is 0. The highest BCUT2D eigenvalue weighted by atomic mass is 15.3. The van der Waals surface area contributed by atoms with Gasteiger partial charge in [-0.2, -0.15) is 0 Å². The molecule has 0 spiro atoms. The van der Waals surface area contributed by atoms with Gasteiger partial charge < -0.3 is 5.32 Å². The Morgan fingerprint density at radius 1 is 1.10 bits per heavy atom. The van der Waals surface area contributed by atoms with Crippen LogP contribution in [0, 0.1) is 0 Å². The van der Waals surface area contributed by atoms with Crippen LogP contribution in [0.3, 0.4) is 0 Å². The second-order valence-electron chi connectivity index (χ2n) is 5.81. The predicted molar refractivity (Wildman–Crippen MR) is 80.2 cm³/mol. The van der Waals surface area contributed by atoms with E-state index < -0.39 is 0 Å². The molecule has 1 atom stereocenters. The van der Waals surface area contributed by atoms with Crippen LogP contribution in [0.1, 0.15) is 19.3 Å². The third kappa shape index (κ3) is 2.31. The molecule has 2 fully saturated rings. The maximum absolute atomic E-state index is 4.47. The number of rotatable bonds is 4. The number of likely N-dealkylation sites (tertiary alicyclic amines) is 1. The van der Waals surface area contributed by atoms with Crippen molar-refractivity contribution in [2.45, 2.75) is 31.3 Å². The fraction of sp³-hybridized carbons (Fsp3) is 0.438. The molecule has 2 aromatic rings. The smallest absolute Gasteiger partial charge is 0.207 e. The largest absolute Gasteiger partial charge is 0.351 e. The van der Waals surface area contributed by atoms with Crippen LogP contribution in [0.4, 0.5) is 5.95 Å². The first kappa shape index (κ1) is 12.0. The van der Waals surface area contributed by atoms with E-state index in [1.807, 2.05) is 18.5 Å². The summed E-state index contributed by atoms with van der Waals surface area (Å²) < 4.78 is 2.12. The van der Waals surface area contributed by atoms with E-state index in [1.54, 1.807) is 0 Å². The van der Waals surface area contributed by atoms with Gasteiger partial charge in [0.15, 0.2) is 0 Å². The molecule has 2 aliphatic rings. The molecule has 0 amide bonds. The van der Waals surface area contributed by atoms with E-state index in [4.69, 9.17) is 0 Å². The number of imidazole rings is 1. The van der Waals surface area contributed by atoms with E-state index in [-0.39, 0.29) is 0 Å². The minimum absolute atomic E-state index is 0.528. The summed E-state index contributed by atoms with van der Waals surface area (Å²) in [6.07, 6.45) is 7.89. The Hall–Kier alpha value is -1.81. The molecule has 4 rings (SSSR count). The Kier molecular flexibility index (Phi) is 2.96. The van der Waals surface area contributed by atoms with Gasteiger partial charge in [-0.1, -0.05) is 18.2 Å². The summed E-state index contributed by atoms with van der Waals surface area (Å²) in [4.78, 5) is 7.09. The van der Waals surface area contributed by atoms with Gasteiger partial charge in [-0.3, -0.25) is 9.47 Å². The Morgan fingerprint density at radius 2 is 1.95 bits per heavy atom. The summed E-state index contributed by atoms with van der Waals surface area (Å²) in [5.74, 6) is 0.957. The second-order valence-corrected chi connectivity index (χ2v) is 5.81. The normalized spacial score (nSPS) is 23.1. The second kappa shape index (κ2) is 4.94. The zero-order valence-electron chi connectivity index (χ0n) is 11.6. The molecule has 1 unspecified atom stereocenters. The molecule has 4 heteroatoms. The van der Waals surface area contributed by atoms with Crippen molar-refractivity contribution < 1.29 is 0 Å². The van der Waals surface area contributed by atoms with E-state index in [0.717, 1.165) is 24.2 Å². The van der Waals surface area contributed by atoms with Crippen LogP contribution in [0.5, 0.6) is 0 Å². The van der Waals surface area contributed by atoms with Crippen molar-refractivity contribution in [1.29, 1.82) is 0 Å². The number of hydrogen-bond donors (Lipinski definition) is 1. The number of nitrogens with zero attached hydrogens (tertiary/aromatic N) is 3. The summed E-state index contributed by atoms with van der Waals surface area (Å²) in [7, 11) is 0. The van der Waals surface area contributed by atoms with Gasteiger partial charge in [0.25, 0.3) is 0 Å². The highest BCUT2D eigenvalue weighted by molar-refractivity contribution is 5.42. The van der Waals surface area contributed by atoms with Crippen LogP contribution in [0.2, 0.25) is 0 Å². The van der Waals surface area contributed by atoms with Gasteiger partial charge in [-0.05, 0) is 31.4 Å². The fourth-order valence-corrected chi connectivity index (χ4v) is 3.07. The topological polar surface area (TPSA) is 33.1 Å². The van der Waals surface area contributed by atoms with Crippen LogP contribution in [0.15, 0.2) is 42.7 Å². The molecular weight excluding hydrogens is 248 g/mol. The molecule has 20 heavy (non-hydrogen) atoms. The standard InChI is InChI=1S/C16H20N4/c1-2-4-15(5-3-1)20-11-9-17-16(20)18-13-8-10-19(12-13)14-6-7-14/h1-5,9,11,13-14H,6-8,10,12H2,(H,17,18). The van der Waals surface area contributed by atoms with Crippen LogP contribution >= 0.6 is 0 Å². The summed E-state index contributed by atoms with van der Waals surface area (Å²) in [5.41, 5.74) is 1.16. The number of para-hydroxylation sites is 1. The molecular formula is C16H20N4. The fourth-order valence-electron chi connectivity index (χ4n) is 3.07. The number of benzene rings is 1. The van der Waals surface area contributed by atoms with Gasteiger partial charge in [0.1, 0.15) is 0 Å². The minimum Gasteiger partial charge on any atom is -0.351 e. The van der Waals surface area contributed by atoms with Crippen molar-refractivity contribution in [2.75, 3.05) is 18.4 Å². The summed E-state index contributed by atoms with van der Waals surface area (Å²) in [6, 6.07) is 11.8. The van der Waals surface area contributed by atoms with Crippen molar-refractivity contribution in [1.82, 2.24) is 14.5 Å². The molecule has 1 saturated heterocycles. The molecule has 4 nitrogen and oxygen atoms in total. The maximum Gasteiger partial charge on any atom is 0.207 e. The molecule has 1 aliphatic carbocycles. The molecule has 1 N–H and O–H groups in total. The zero-order chi connectivity index (χ0) is 13.4. The first-order valence-corrected chi connectivity index (χ1v) is 7.49. The van der Waals surface area contributed by atoms with Gasteiger partial charge in [0.2, 0.25) is 5.95 Å². The van der Waals surface area contributed by atoms with Gasteiger partial charge in [0, 0.05) is 43.3 Å². The van der Waals surface area contributed by atoms with Gasteiger partial charge in [-0.15, -0.1) is 0 Å². The van der Waals surface area contributed by atoms with Gasteiger partial charge in [0.05, 0.1) is 0 Å². The quantitative estimate of drug-likeness (QED) is 0.925. The monoisotopic (exact) mass is 268 g/mol. The van der Waals surface area contributed by atoms with Crippen molar-refractivity contribution in [3.05, 3.63) is 42.7 Å². The predicted octanol–water partition coefficient (Wildman–Crippen LogP) is 2.52. The number of anilines is 1. The Morgan fingerprint density at radius 3 is 2.75 bits per heavy atom. The zero-order valence-corrected chi connectivity index (χ0v) is 11.6. The van der Waals surface area contributed by atoms with Crippen LogP contribution in [-0.2, 0) is 0 Å². The van der Waals surface area contributed by atoms with Crippen molar-refractivity contribution in [3.8, 4) is 5.69 Å². The van der Waals surface area contributed by atoms with Gasteiger partial charge >= 0.3 is 0 Å². The minimum atomic E-state index is 0.528. The average molecular weight is 268 g/mol. The molecule has 1 aromatic carbocycles. The number of nitrogens with one attached hydrogen (secondary N) is 1. The third-order valence-corrected chi connectivity index (χ3v) is 4.29. The highest BCUT2D eigenvalue weighted by Crippen LogP contribution is 2.30. The lowest BCUT2D eigenvalue weighted by atomic mass is 10.3. The number of hydrogen-bond acceptors (Lipinski definition) is 3. The molecule has 0 radical (unpaired) electrons. The molecule has 1 aliphatic heterocycles. The molecule has 1 aromatic heterocycles. The van der Waals surface area contributed by atoms with Gasteiger partial charge in [-0.25, -0.2) is 4.98 Å². The summed E-state index contributed by atoms with van der Waals surface area (Å²) in [6.45, 7) is 2.39. The maximum atomic E-state index is 4.47. The average Bonchev–Trinajstić information content (AvgIpc) is 3.06. The first-order chi connectivity index (χ1) is 9.90. The van der Waals surface area contributed by atoms with Crippen molar-refractivity contribution in [2.24, 2.45) is 0 Å². The lowest BCUT2D eigenvalue weighted by Gasteiger charge is -2.17. The van der Waals surface area contributed by atoms with Crippen molar-refractivity contribution >= 4 is 5.95 Å². The Labute approximate surface area is 119 Å². The van der Waals surface area contributed by atoms with E-state index in [2.05, 4.69) is 44.0 Å². The molecule has 1 saturated carbocycles. The van der Waals surface area contributed by atoms with Crippen LogP contribution in [-0.4, -0.2) is 39.6 Å². The molecule has 0 bridgehead atoms. The van der Waals surface area contributed by atoms with Crippen LogP contribution in [0.25, 0.3) is 5.69 Å². The lowest BCUT2D eigenvalue weighted by molar-refractivity contribution is 0.326. The molecule has 2 heterocycles. The van der Waals surface area contributed by atoms with Crippen LogP contribution < -0.4 is 5.32 Å². The molecule has 104 valence electrons. The Bertz CT molecular complexity index is 573. The third-order valence-electron chi connectivity index (χ3n) is 4.29. The first-order valence-electron chi connectivity index (χ1n) is 7.49. The Balaban J connectivity index is 1.48. The SMILES string of the molecule is c1ccc(-n2ccnc2NC2CCN(C3CC3)C2)cc1. The summed E-state index contributed by atoms with van der Waals surface area (Å²) in [5, 5.41) is 3.61. The highest BCUT2D eigenvalue weighted by Gasteiger charge is 2.34. The number of aromatic nitrogens is 2.